The van der Waals surface area contributed by atoms with Crippen molar-refractivity contribution in [3.8, 4) is 11.3 Å². The maximum Gasteiger partial charge on any atom is 0.269 e. The molecule has 3 aromatic rings. The van der Waals surface area contributed by atoms with Gasteiger partial charge < -0.3 is 10.1 Å². The third kappa shape index (κ3) is 4.47. The highest BCUT2D eigenvalue weighted by Gasteiger charge is 2.14. The van der Waals surface area contributed by atoms with Crippen LogP contribution in [0.25, 0.3) is 11.3 Å². The Morgan fingerprint density at radius 1 is 1.04 bits per heavy atom. The number of morpholine rings is 1. The first-order valence-electron chi connectivity index (χ1n) is 9.55. The first-order valence-corrected chi connectivity index (χ1v) is 9.55. The number of carbonyl (C=O) groups is 1. The van der Waals surface area contributed by atoms with Crippen LogP contribution in [0.2, 0.25) is 0 Å². The standard InChI is InChI=1S/C22H24N4O2/c27-22(21-14-20(24-25-21)17-6-2-1-3-7-17)23-15-18-8-4-5-9-19(18)16-26-10-12-28-13-11-26/h1-9,14H,10-13,15-16H2,(H,23,27)(H,24,25). The molecule has 6 heteroatoms. The molecule has 0 spiro atoms. The summed E-state index contributed by atoms with van der Waals surface area (Å²) >= 11 is 0. The van der Waals surface area contributed by atoms with Crippen LogP contribution in [0, 0.1) is 0 Å². The van der Waals surface area contributed by atoms with E-state index in [1.165, 1.54) is 5.56 Å². The molecule has 1 aromatic heterocycles. The fourth-order valence-electron chi connectivity index (χ4n) is 3.35. The van der Waals surface area contributed by atoms with Crippen molar-refractivity contribution in [1.82, 2.24) is 20.4 Å². The van der Waals surface area contributed by atoms with E-state index in [1.807, 2.05) is 42.5 Å². The summed E-state index contributed by atoms with van der Waals surface area (Å²) in [7, 11) is 0. The number of aromatic nitrogens is 2. The quantitative estimate of drug-likeness (QED) is 0.694. The Morgan fingerprint density at radius 2 is 1.75 bits per heavy atom. The summed E-state index contributed by atoms with van der Waals surface area (Å²) in [6.45, 7) is 4.80. The first-order chi connectivity index (χ1) is 13.8. The second-order valence-electron chi connectivity index (χ2n) is 6.87. The molecule has 2 aromatic carbocycles. The number of carbonyl (C=O) groups excluding carboxylic acids is 1. The molecule has 0 unspecified atom stereocenters. The van der Waals surface area contributed by atoms with Crippen molar-refractivity contribution in [3.63, 3.8) is 0 Å². The fourth-order valence-corrected chi connectivity index (χ4v) is 3.35. The lowest BCUT2D eigenvalue weighted by Crippen LogP contribution is -2.36. The van der Waals surface area contributed by atoms with Gasteiger partial charge in [0.15, 0.2) is 0 Å². The summed E-state index contributed by atoms with van der Waals surface area (Å²) in [5, 5.41) is 10.1. The van der Waals surface area contributed by atoms with Crippen LogP contribution < -0.4 is 5.32 Å². The van der Waals surface area contributed by atoms with E-state index in [0.29, 0.717) is 12.2 Å². The number of H-pyrrole nitrogens is 1. The summed E-state index contributed by atoms with van der Waals surface area (Å²) in [6.07, 6.45) is 0. The molecule has 6 nitrogen and oxygen atoms in total. The number of amides is 1. The molecule has 2 heterocycles. The Bertz CT molecular complexity index is 917. The van der Waals surface area contributed by atoms with E-state index in [1.54, 1.807) is 6.07 Å². The molecule has 1 aliphatic heterocycles. The molecule has 144 valence electrons. The van der Waals surface area contributed by atoms with E-state index >= 15 is 0 Å². The molecule has 0 bridgehead atoms. The van der Waals surface area contributed by atoms with Gasteiger partial charge in [0.1, 0.15) is 5.69 Å². The zero-order valence-corrected chi connectivity index (χ0v) is 15.7. The van der Waals surface area contributed by atoms with Crippen molar-refractivity contribution in [1.29, 1.82) is 0 Å². The zero-order chi connectivity index (χ0) is 19.2. The Kier molecular flexibility index (Phi) is 5.80. The smallest absolute Gasteiger partial charge is 0.269 e. The van der Waals surface area contributed by atoms with Gasteiger partial charge in [0.05, 0.1) is 18.9 Å². The topological polar surface area (TPSA) is 70.2 Å². The molecule has 1 fully saturated rings. The maximum absolute atomic E-state index is 12.6. The van der Waals surface area contributed by atoms with Gasteiger partial charge in [-0.1, -0.05) is 54.6 Å². The molecule has 2 N–H and O–H groups in total. The van der Waals surface area contributed by atoms with Gasteiger partial charge in [-0.25, -0.2) is 0 Å². The Balaban J connectivity index is 1.39. The number of rotatable bonds is 6. The highest BCUT2D eigenvalue weighted by Crippen LogP contribution is 2.17. The van der Waals surface area contributed by atoms with Crippen LogP contribution in [0.4, 0.5) is 0 Å². The number of nitrogens with zero attached hydrogens (tertiary/aromatic N) is 2. The average Bonchev–Trinajstić information content (AvgIpc) is 3.25. The van der Waals surface area contributed by atoms with Crippen molar-refractivity contribution in [2.24, 2.45) is 0 Å². The van der Waals surface area contributed by atoms with Crippen molar-refractivity contribution in [3.05, 3.63) is 77.5 Å². The van der Waals surface area contributed by atoms with Crippen molar-refractivity contribution in [2.45, 2.75) is 13.1 Å². The van der Waals surface area contributed by atoms with E-state index in [2.05, 4.69) is 32.5 Å². The van der Waals surface area contributed by atoms with Crippen molar-refractivity contribution in [2.75, 3.05) is 26.3 Å². The van der Waals surface area contributed by atoms with Crippen LogP contribution in [0.3, 0.4) is 0 Å². The molecule has 1 amide bonds. The predicted molar refractivity (Wildman–Crippen MR) is 108 cm³/mol. The van der Waals surface area contributed by atoms with Crippen molar-refractivity contribution >= 4 is 5.91 Å². The molecule has 4 rings (SSSR count). The number of hydrogen-bond acceptors (Lipinski definition) is 4. The lowest BCUT2D eigenvalue weighted by Gasteiger charge is -2.27. The number of ether oxygens (including phenoxy) is 1. The minimum absolute atomic E-state index is 0.157. The summed E-state index contributed by atoms with van der Waals surface area (Å²) in [4.78, 5) is 14.9. The van der Waals surface area contributed by atoms with Crippen LogP contribution in [0.1, 0.15) is 21.6 Å². The molecule has 1 saturated heterocycles. The van der Waals surface area contributed by atoms with Crippen LogP contribution in [-0.4, -0.2) is 47.3 Å². The summed E-state index contributed by atoms with van der Waals surface area (Å²) < 4.78 is 5.42. The Labute approximate surface area is 164 Å². The normalized spacial score (nSPS) is 14.7. The van der Waals surface area contributed by atoms with Crippen LogP contribution >= 0.6 is 0 Å². The highest BCUT2D eigenvalue weighted by atomic mass is 16.5. The van der Waals surface area contributed by atoms with Gasteiger partial charge in [-0.15, -0.1) is 0 Å². The van der Waals surface area contributed by atoms with Gasteiger partial charge in [0.2, 0.25) is 0 Å². The second kappa shape index (κ2) is 8.82. The molecule has 1 aliphatic rings. The Hall–Kier alpha value is -2.96. The number of hydrogen-bond donors (Lipinski definition) is 2. The number of benzene rings is 2. The maximum atomic E-state index is 12.6. The van der Waals surface area contributed by atoms with E-state index in [9.17, 15) is 4.79 Å². The summed E-state index contributed by atoms with van der Waals surface area (Å²) in [5.74, 6) is -0.157. The van der Waals surface area contributed by atoms with E-state index in [-0.39, 0.29) is 5.91 Å². The third-order valence-corrected chi connectivity index (χ3v) is 4.95. The predicted octanol–water partition coefficient (Wildman–Crippen LogP) is 2.84. The minimum atomic E-state index is -0.157. The molecule has 28 heavy (non-hydrogen) atoms. The lowest BCUT2D eigenvalue weighted by molar-refractivity contribution is 0.0340. The van der Waals surface area contributed by atoms with Crippen LogP contribution in [0.15, 0.2) is 60.7 Å². The summed E-state index contributed by atoms with van der Waals surface area (Å²) in [5.41, 5.74) is 4.57. The highest BCUT2D eigenvalue weighted by molar-refractivity contribution is 5.93. The molecular formula is C22H24N4O2. The van der Waals surface area contributed by atoms with E-state index in [0.717, 1.165) is 49.7 Å². The molecule has 0 aliphatic carbocycles. The van der Waals surface area contributed by atoms with Gasteiger partial charge in [0, 0.05) is 31.7 Å². The number of nitrogens with one attached hydrogen (secondary N) is 2. The third-order valence-electron chi connectivity index (χ3n) is 4.95. The molecule has 0 saturated carbocycles. The van der Waals surface area contributed by atoms with Gasteiger partial charge >= 0.3 is 0 Å². The van der Waals surface area contributed by atoms with Gasteiger partial charge in [-0.2, -0.15) is 5.10 Å². The first kappa shape index (κ1) is 18.4. The van der Waals surface area contributed by atoms with Gasteiger partial charge in [0.25, 0.3) is 5.91 Å². The molecular weight excluding hydrogens is 352 g/mol. The average molecular weight is 376 g/mol. The van der Waals surface area contributed by atoms with E-state index in [4.69, 9.17) is 4.74 Å². The van der Waals surface area contributed by atoms with Crippen LogP contribution in [-0.2, 0) is 17.8 Å². The summed E-state index contributed by atoms with van der Waals surface area (Å²) in [6, 6.07) is 19.8. The lowest BCUT2D eigenvalue weighted by atomic mass is 10.1. The monoisotopic (exact) mass is 376 g/mol. The van der Waals surface area contributed by atoms with Crippen LogP contribution in [0.5, 0.6) is 0 Å². The molecule has 0 radical (unpaired) electrons. The van der Waals surface area contributed by atoms with Crippen molar-refractivity contribution < 1.29 is 9.53 Å². The van der Waals surface area contributed by atoms with E-state index < -0.39 is 0 Å². The second-order valence-corrected chi connectivity index (χ2v) is 6.87. The number of aromatic amines is 1. The largest absolute Gasteiger partial charge is 0.379 e. The SMILES string of the molecule is O=C(NCc1ccccc1CN1CCOCC1)c1cc(-c2ccccc2)n[nH]1. The molecule has 0 atom stereocenters. The Morgan fingerprint density at radius 3 is 2.54 bits per heavy atom. The minimum Gasteiger partial charge on any atom is -0.379 e. The fraction of sp³-hybridized carbons (Fsp3) is 0.273. The van der Waals surface area contributed by atoms with Gasteiger partial charge in [-0.05, 0) is 17.2 Å². The zero-order valence-electron chi connectivity index (χ0n) is 15.7. The van der Waals surface area contributed by atoms with Gasteiger partial charge in [-0.3, -0.25) is 14.8 Å².